The summed E-state index contributed by atoms with van der Waals surface area (Å²) >= 11 is 0. The Hall–Kier alpha value is -2.81. The number of esters is 1. The Morgan fingerprint density at radius 1 is 1.47 bits per heavy atom. The van der Waals surface area contributed by atoms with Crippen molar-refractivity contribution in [1.82, 2.24) is 4.98 Å². The third-order valence-electron chi connectivity index (χ3n) is 2.17. The van der Waals surface area contributed by atoms with E-state index in [0.29, 0.717) is 11.3 Å². The minimum atomic E-state index is -0.588. The highest BCUT2D eigenvalue weighted by Gasteiger charge is 2.15. The highest BCUT2D eigenvalue weighted by molar-refractivity contribution is 5.86. The number of carbonyl (C=O) groups excluding carboxylic acids is 1. The molecule has 19 heavy (non-hydrogen) atoms. The zero-order chi connectivity index (χ0) is 13.7. The van der Waals surface area contributed by atoms with E-state index in [2.05, 4.69) is 4.98 Å². The molecule has 0 aliphatic heterocycles. The summed E-state index contributed by atoms with van der Waals surface area (Å²) in [7, 11) is 0. The average Bonchev–Trinajstić information content (AvgIpc) is 2.88. The van der Waals surface area contributed by atoms with Crippen LogP contribution in [0.3, 0.4) is 0 Å². The van der Waals surface area contributed by atoms with E-state index in [1.165, 1.54) is 0 Å². The normalized spacial score (nSPS) is 9.68. The first-order chi connectivity index (χ1) is 9.24. The van der Waals surface area contributed by atoms with Crippen molar-refractivity contribution >= 4 is 5.97 Å². The Labute approximate surface area is 109 Å². The number of benzene rings is 1. The molecule has 0 aliphatic carbocycles. The lowest BCUT2D eigenvalue weighted by molar-refractivity contribution is 0.0519. The van der Waals surface area contributed by atoms with Gasteiger partial charge in [0.1, 0.15) is 12.3 Å². The van der Waals surface area contributed by atoms with Crippen LogP contribution in [-0.4, -0.2) is 17.6 Å². The number of nitriles is 1. The van der Waals surface area contributed by atoms with Crippen molar-refractivity contribution in [3.63, 3.8) is 0 Å². The maximum Gasteiger partial charge on any atom is 0.399 e. The number of aromatic nitrogens is 1. The molecule has 0 N–H and O–H groups in total. The fourth-order valence-electron chi connectivity index (χ4n) is 1.35. The van der Waals surface area contributed by atoms with Crippen LogP contribution in [0.2, 0.25) is 0 Å². The van der Waals surface area contributed by atoms with Gasteiger partial charge < -0.3 is 13.9 Å². The van der Waals surface area contributed by atoms with E-state index < -0.39 is 5.97 Å². The summed E-state index contributed by atoms with van der Waals surface area (Å²) in [6.07, 6.45) is 1.02. The van der Waals surface area contributed by atoms with Gasteiger partial charge in [0.05, 0.1) is 12.2 Å². The topological polar surface area (TPSA) is 85.4 Å². The van der Waals surface area contributed by atoms with Gasteiger partial charge in [0, 0.05) is 0 Å². The Balaban J connectivity index is 2.16. The molecule has 0 unspecified atom stereocenters. The van der Waals surface area contributed by atoms with Crippen molar-refractivity contribution in [2.24, 2.45) is 0 Å². The molecular formula is C13H10N2O4. The van der Waals surface area contributed by atoms with Gasteiger partial charge >= 0.3 is 12.0 Å². The molecule has 0 amide bonds. The monoisotopic (exact) mass is 258 g/mol. The molecule has 2 aromatic rings. The molecule has 0 aliphatic rings. The van der Waals surface area contributed by atoms with Crippen LogP contribution in [-0.2, 0) is 4.74 Å². The zero-order valence-corrected chi connectivity index (χ0v) is 10.1. The molecular weight excluding hydrogens is 248 g/mol. The minimum Gasteiger partial charge on any atom is -0.461 e. The van der Waals surface area contributed by atoms with Gasteiger partial charge in [-0.05, 0) is 19.1 Å². The van der Waals surface area contributed by atoms with Crippen molar-refractivity contribution in [3.05, 3.63) is 41.8 Å². The quantitative estimate of drug-likeness (QED) is 0.783. The van der Waals surface area contributed by atoms with Gasteiger partial charge in [0.25, 0.3) is 0 Å². The summed E-state index contributed by atoms with van der Waals surface area (Å²) in [5.41, 5.74) is 0.365. The first kappa shape index (κ1) is 12.6. The van der Waals surface area contributed by atoms with Crippen molar-refractivity contribution in [2.75, 3.05) is 6.61 Å². The van der Waals surface area contributed by atoms with Crippen LogP contribution in [0, 0.1) is 11.3 Å². The lowest BCUT2D eigenvalue weighted by Gasteiger charge is -2.01. The predicted molar refractivity (Wildman–Crippen MR) is 63.7 cm³/mol. The van der Waals surface area contributed by atoms with Crippen molar-refractivity contribution < 1.29 is 18.7 Å². The third-order valence-corrected chi connectivity index (χ3v) is 2.17. The summed E-state index contributed by atoms with van der Waals surface area (Å²) in [5, 5.41) is 8.90. The van der Waals surface area contributed by atoms with Gasteiger partial charge in [-0.2, -0.15) is 10.2 Å². The van der Waals surface area contributed by atoms with E-state index >= 15 is 0 Å². The maximum atomic E-state index is 11.4. The smallest absolute Gasteiger partial charge is 0.399 e. The predicted octanol–water partition coefficient (Wildman–Crippen LogP) is 2.52. The second kappa shape index (κ2) is 5.69. The van der Waals surface area contributed by atoms with Crippen LogP contribution < -0.4 is 4.74 Å². The molecule has 1 aromatic heterocycles. The van der Waals surface area contributed by atoms with Gasteiger partial charge in [-0.3, -0.25) is 0 Å². The van der Waals surface area contributed by atoms with E-state index in [1.54, 1.807) is 31.2 Å². The molecule has 6 heteroatoms. The van der Waals surface area contributed by atoms with Crippen molar-refractivity contribution in [2.45, 2.75) is 6.92 Å². The van der Waals surface area contributed by atoms with Gasteiger partial charge in [0.2, 0.25) is 0 Å². The number of carbonyl (C=O) groups is 1. The highest BCUT2D eigenvalue weighted by Crippen LogP contribution is 2.24. The Bertz CT molecular complexity index is 628. The first-order valence-corrected chi connectivity index (χ1v) is 5.54. The molecule has 1 aromatic carbocycles. The molecule has 0 radical (unpaired) electrons. The fraction of sp³-hybridized carbons (Fsp3) is 0.154. The van der Waals surface area contributed by atoms with Gasteiger partial charge in [-0.15, -0.1) is 0 Å². The third kappa shape index (κ3) is 2.90. The summed E-state index contributed by atoms with van der Waals surface area (Å²) in [6, 6.07) is 8.61. The van der Waals surface area contributed by atoms with Crippen LogP contribution in [0.5, 0.6) is 11.8 Å². The number of ether oxygens (including phenoxy) is 2. The summed E-state index contributed by atoms with van der Waals surface area (Å²) in [5.74, 6) is -0.281. The van der Waals surface area contributed by atoms with Crippen LogP contribution in [0.15, 0.2) is 34.9 Å². The number of hydrogen-bond donors (Lipinski definition) is 0. The maximum absolute atomic E-state index is 11.4. The SMILES string of the molecule is CCOC(=O)c1coc(Oc2ccccc2C#N)n1. The number of hydrogen-bond acceptors (Lipinski definition) is 6. The Morgan fingerprint density at radius 3 is 3.00 bits per heavy atom. The van der Waals surface area contributed by atoms with E-state index in [4.69, 9.17) is 19.2 Å². The second-order valence-corrected chi connectivity index (χ2v) is 3.43. The van der Waals surface area contributed by atoms with Crippen LogP contribution in [0.1, 0.15) is 23.0 Å². The molecule has 2 rings (SSSR count). The molecule has 0 fully saturated rings. The fourth-order valence-corrected chi connectivity index (χ4v) is 1.35. The van der Waals surface area contributed by atoms with Crippen LogP contribution >= 0.6 is 0 Å². The summed E-state index contributed by atoms with van der Waals surface area (Å²) in [4.78, 5) is 15.2. The molecule has 0 saturated carbocycles. The van der Waals surface area contributed by atoms with E-state index in [1.807, 2.05) is 6.07 Å². The number of rotatable bonds is 4. The van der Waals surface area contributed by atoms with E-state index in [0.717, 1.165) is 6.26 Å². The van der Waals surface area contributed by atoms with Gasteiger partial charge in [-0.1, -0.05) is 12.1 Å². The summed E-state index contributed by atoms with van der Waals surface area (Å²) in [6.45, 7) is 1.94. The van der Waals surface area contributed by atoms with E-state index in [-0.39, 0.29) is 18.4 Å². The second-order valence-electron chi connectivity index (χ2n) is 3.43. The molecule has 6 nitrogen and oxygen atoms in total. The van der Waals surface area contributed by atoms with Crippen molar-refractivity contribution in [3.8, 4) is 17.9 Å². The average molecular weight is 258 g/mol. The largest absolute Gasteiger partial charge is 0.461 e. The van der Waals surface area contributed by atoms with Gasteiger partial charge in [-0.25, -0.2) is 4.79 Å². The van der Waals surface area contributed by atoms with Gasteiger partial charge in [0.15, 0.2) is 11.4 Å². The molecule has 1 heterocycles. The van der Waals surface area contributed by atoms with Crippen LogP contribution in [0.25, 0.3) is 0 Å². The number of oxazole rings is 1. The lowest BCUT2D eigenvalue weighted by Crippen LogP contribution is -2.04. The lowest BCUT2D eigenvalue weighted by atomic mass is 10.2. The molecule has 0 atom stereocenters. The number of para-hydroxylation sites is 1. The van der Waals surface area contributed by atoms with E-state index in [9.17, 15) is 4.79 Å². The highest BCUT2D eigenvalue weighted by atomic mass is 16.6. The minimum absolute atomic E-state index is 0.0197. The molecule has 0 saturated heterocycles. The zero-order valence-electron chi connectivity index (χ0n) is 10.1. The first-order valence-electron chi connectivity index (χ1n) is 5.54. The number of nitrogens with zero attached hydrogens (tertiary/aromatic N) is 2. The summed E-state index contributed by atoms with van der Waals surface area (Å²) < 4.78 is 15.1. The molecule has 0 bridgehead atoms. The molecule has 0 spiro atoms. The Kier molecular flexibility index (Phi) is 3.78. The van der Waals surface area contributed by atoms with Crippen molar-refractivity contribution in [1.29, 1.82) is 5.26 Å². The Morgan fingerprint density at radius 2 is 2.26 bits per heavy atom. The van der Waals surface area contributed by atoms with Crippen LogP contribution in [0.4, 0.5) is 0 Å². The molecule has 96 valence electrons. The standard InChI is InChI=1S/C13H10N2O4/c1-2-17-12(16)10-8-18-13(15-10)19-11-6-4-3-5-9(11)7-14/h3-6,8H,2H2,1H3.